The second-order valence-electron chi connectivity index (χ2n) is 5.69. The molecule has 3 aromatic rings. The number of esters is 1. The van der Waals surface area contributed by atoms with E-state index in [4.69, 9.17) is 21.4 Å². The number of anilines is 2. The SMILES string of the molecule is O=C(OC[C@H](O)CO)c1ccccc1Nc1cc[nH+]c2cc(Cl)ccc12. The molecule has 4 N–H and O–H groups in total. The molecule has 0 saturated carbocycles. The van der Waals surface area contributed by atoms with Gasteiger partial charge in [-0.2, -0.15) is 0 Å². The molecule has 1 atom stereocenters. The van der Waals surface area contributed by atoms with Crippen molar-refractivity contribution >= 4 is 39.8 Å². The molecule has 0 aliphatic carbocycles. The molecule has 0 aliphatic rings. The molecule has 0 spiro atoms. The van der Waals surface area contributed by atoms with Crippen LogP contribution in [0.4, 0.5) is 11.4 Å². The predicted molar refractivity (Wildman–Crippen MR) is 98.6 cm³/mol. The first-order chi connectivity index (χ1) is 12.6. The van der Waals surface area contributed by atoms with Crippen molar-refractivity contribution in [2.24, 2.45) is 0 Å². The third-order valence-electron chi connectivity index (χ3n) is 3.79. The molecule has 0 aliphatic heterocycles. The van der Waals surface area contributed by atoms with E-state index in [0.717, 1.165) is 16.6 Å². The molecule has 3 rings (SSSR count). The summed E-state index contributed by atoms with van der Waals surface area (Å²) < 4.78 is 5.05. The number of benzene rings is 2. The molecule has 0 amide bonds. The highest BCUT2D eigenvalue weighted by atomic mass is 35.5. The van der Waals surface area contributed by atoms with Gasteiger partial charge in [-0.25, -0.2) is 9.78 Å². The van der Waals surface area contributed by atoms with E-state index in [2.05, 4.69) is 10.3 Å². The Balaban J connectivity index is 1.88. The molecule has 0 bridgehead atoms. The first-order valence-corrected chi connectivity index (χ1v) is 8.38. The van der Waals surface area contributed by atoms with Gasteiger partial charge in [0, 0.05) is 17.2 Å². The topological polar surface area (TPSA) is 92.9 Å². The molecular weight excluding hydrogens is 356 g/mol. The van der Waals surface area contributed by atoms with Crippen molar-refractivity contribution in [3.05, 3.63) is 65.3 Å². The van der Waals surface area contributed by atoms with Gasteiger partial charge in [0.05, 0.1) is 28.9 Å². The van der Waals surface area contributed by atoms with Crippen LogP contribution >= 0.6 is 11.6 Å². The minimum Gasteiger partial charge on any atom is -0.459 e. The van der Waals surface area contributed by atoms with Crippen molar-refractivity contribution in [1.82, 2.24) is 0 Å². The number of aliphatic hydroxyl groups excluding tert-OH is 2. The number of rotatable bonds is 6. The Bertz CT molecular complexity index is 932. The van der Waals surface area contributed by atoms with Gasteiger partial charge in [-0.15, -0.1) is 0 Å². The predicted octanol–water partition coefficient (Wildman–Crippen LogP) is 2.56. The van der Waals surface area contributed by atoms with Crippen LogP contribution in [0.3, 0.4) is 0 Å². The standard InChI is InChI=1S/C19H17ClN2O4/c20-12-5-6-14-17(7-8-21-18(14)9-12)22-16-4-2-1-3-15(16)19(25)26-11-13(24)10-23/h1-9,13,23-24H,10-11H2,(H,21,22)/p+1/t13-/m1/s1. The van der Waals surface area contributed by atoms with Crippen LogP contribution in [0, 0.1) is 0 Å². The first kappa shape index (κ1) is 18.1. The summed E-state index contributed by atoms with van der Waals surface area (Å²) in [6, 6.07) is 14.3. The zero-order chi connectivity index (χ0) is 18.5. The van der Waals surface area contributed by atoms with E-state index in [0.29, 0.717) is 16.3 Å². The Morgan fingerprint density at radius 1 is 1.19 bits per heavy atom. The van der Waals surface area contributed by atoms with Crippen molar-refractivity contribution in [3.8, 4) is 0 Å². The van der Waals surface area contributed by atoms with Crippen molar-refractivity contribution < 1.29 is 24.7 Å². The molecule has 26 heavy (non-hydrogen) atoms. The number of fused-ring (bicyclic) bond motifs is 1. The van der Waals surface area contributed by atoms with E-state index < -0.39 is 18.7 Å². The maximum absolute atomic E-state index is 12.3. The van der Waals surface area contributed by atoms with E-state index in [1.165, 1.54) is 0 Å². The van der Waals surface area contributed by atoms with E-state index >= 15 is 0 Å². The van der Waals surface area contributed by atoms with Gasteiger partial charge < -0.3 is 20.3 Å². The Hall–Kier alpha value is -2.67. The lowest BCUT2D eigenvalue weighted by molar-refractivity contribution is -0.344. The number of carbonyl (C=O) groups is 1. The van der Waals surface area contributed by atoms with Gasteiger partial charge in [-0.1, -0.05) is 23.7 Å². The van der Waals surface area contributed by atoms with Crippen molar-refractivity contribution in [1.29, 1.82) is 0 Å². The number of halogens is 1. The van der Waals surface area contributed by atoms with E-state index in [-0.39, 0.29) is 6.61 Å². The second kappa shape index (κ2) is 8.14. The fraction of sp³-hybridized carbons (Fsp3) is 0.158. The molecular formula is C19H18ClN2O4+. The number of hydrogen-bond acceptors (Lipinski definition) is 5. The number of para-hydroxylation sites is 1. The normalized spacial score (nSPS) is 12.0. The lowest BCUT2D eigenvalue weighted by Gasteiger charge is -2.13. The van der Waals surface area contributed by atoms with Gasteiger partial charge in [0.15, 0.2) is 6.20 Å². The summed E-state index contributed by atoms with van der Waals surface area (Å²) in [6.45, 7) is -0.742. The van der Waals surface area contributed by atoms with E-state index in [1.807, 2.05) is 18.2 Å². The summed E-state index contributed by atoms with van der Waals surface area (Å²) in [5.41, 5.74) is 2.55. The van der Waals surface area contributed by atoms with Crippen LogP contribution in [0.1, 0.15) is 10.4 Å². The maximum Gasteiger partial charge on any atom is 0.340 e. The van der Waals surface area contributed by atoms with Crippen LogP contribution < -0.4 is 10.3 Å². The minimum absolute atomic E-state index is 0.272. The van der Waals surface area contributed by atoms with Crippen LogP contribution in [-0.2, 0) is 4.74 Å². The smallest absolute Gasteiger partial charge is 0.340 e. The van der Waals surface area contributed by atoms with Crippen LogP contribution in [-0.4, -0.2) is 35.5 Å². The Morgan fingerprint density at radius 3 is 2.81 bits per heavy atom. The third kappa shape index (κ3) is 4.11. The number of ether oxygens (including phenoxy) is 1. The van der Waals surface area contributed by atoms with Crippen LogP contribution in [0.25, 0.3) is 10.9 Å². The summed E-state index contributed by atoms with van der Waals surface area (Å²) in [5.74, 6) is -0.588. The zero-order valence-corrected chi connectivity index (χ0v) is 14.5. The number of H-pyrrole nitrogens is 1. The molecule has 0 saturated heterocycles. The molecule has 0 fully saturated rings. The fourth-order valence-corrected chi connectivity index (χ4v) is 2.67. The van der Waals surface area contributed by atoms with E-state index in [9.17, 15) is 9.90 Å². The molecule has 0 radical (unpaired) electrons. The molecule has 134 valence electrons. The largest absolute Gasteiger partial charge is 0.459 e. The van der Waals surface area contributed by atoms with E-state index in [1.54, 1.807) is 36.5 Å². The van der Waals surface area contributed by atoms with Gasteiger partial charge in [-0.05, 0) is 24.3 Å². The number of carbonyl (C=O) groups excluding carboxylic acids is 1. The molecule has 0 unspecified atom stereocenters. The van der Waals surface area contributed by atoms with Gasteiger partial charge in [0.1, 0.15) is 12.7 Å². The fourth-order valence-electron chi connectivity index (χ4n) is 2.50. The summed E-state index contributed by atoms with van der Waals surface area (Å²) in [4.78, 5) is 15.4. The van der Waals surface area contributed by atoms with Crippen LogP contribution in [0.15, 0.2) is 54.7 Å². The monoisotopic (exact) mass is 373 g/mol. The minimum atomic E-state index is -1.10. The Kier molecular flexibility index (Phi) is 5.68. The summed E-state index contributed by atoms with van der Waals surface area (Å²) in [7, 11) is 0. The molecule has 7 heteroatoms. The lowest BCUT2D eigenvalue weighted by atomic mass is 10.1. The van der Waals surface area contributed by atoms with Crippen molar-refractivity contribution in [3.63, 3.8) is 0 Å². The number of pyridine rings is 1. The number of aromatic nitrogens is 1. The van der Waals surface area contributed by atoms with Gasteiger partial charge in [-0.3, -0.25) is 0 Å². The number of hydrogen-bond donors (Lipinski definition) is 3. The number of nitrogens with one attached hydrogen (secondary N) is 2. The quantitative estimate of drug-likeness (QED) is 0.577. The first-order valence-electron chi connectivity index (χ1n) is 8.00. The molecule has 1 heterocycles. The highest BCUT2D eigenvalue weighted by molar-refractivity contribution is 6.31. The highest BCUT2D eigenvalue weighted by Crippen LogP contribution is 2.27. The molecule has 1 aromatic heterocycles. The Labute approximate surface area is 155 Å². The summed E-state index contributed by atoms with van der Waals surface area (Å²) in [6.07, 6.45) is 0.678. The maximum atomic E-state index is 12.3. The molecule has 6 nitrogen and oxygen atoms in total. The summed E-state index contributed by atoms with van der Waals surface area (Å²) in [5, 5.41) is 22.9. The molecule has 2 aromatic carbocycles. The number of aromatic amines is 1. The highest BCUT2D eigenvalue weighted by Gasteiger charge is 2.16. The Morgan fingerprint density at radius 2 is 2.00 bits per heavy atom. The van der Waals surface area contributed by atoms with Gasteiger partial charge in [0.25, 0.3) is 0 Å². The zero-order valence-electron chi connectivity index (χ0n) is 13.8. The average Bonchev–Trinajstić information content (AvgIpc) is 2.66. The number of aliphatic hydroxyl groups is 2. The van der Waals surface area contributed by atoms with Crippen LogP contribution in [0.2, 0.25) is 5.02 Å². The van der Waals surface area contributed by atoms with Crippen molar-refractivity contribution in [2.45, 2.75) is 6.10 Å². The average molecular weight is 374 g/mol. The van der Waals surface area contributed by atoms with Crippen LogP contribution in [0.5, 0.6) is 0 Å². The second-order valence-corrected chi connectivity index (χ2v) is 6.12. The third-order valence-corrected chi connectivity index (χ3v) is 4.03. The van der Waals surface area contributed by atoms with Gasteiger partial charge >= 0.3 is 5.97 Å². The summed E-state index contributed by atoms with van der Waals surface area (Å²) >= 11 is 6.03. The lowest BCUT2D eigenvalue weighted by Crippen LogP contribution is -2.22. The van der Waals surface area contributed by atoms with Gasteiger partial charge in [0.2, 0.25) is 5.52 Å². The van der Waals surface area contributed by atoms with Crippen molar-refractivity contribution in [2.75, 3.05) is 18.5 Å².